The zero-order chi connectivity index (χ0) is 14.9. The summed E-state index contributed by atoms with van der Waals surface area (Å²) in [5, 5.41) is 10.9. The number of ether oxygens (including phenoxy) is 1. The minimum Gasteiger partial charge on any atom is -0.435 e. The van der Waals surface area contributed by atoms with Gasteiger partial charge in [-0.3, -0.25) is 10.1 Å². The lowest BCUT2D eigenvalue weighted by atomic mass is 10.3. The van der Waals surface area contributed by atoms with Crippen molar-refractivity contribution in [3.05, 3.63) is 47.1 Å². The molecule has 0 spiro atoms. The molecule has 0 unspecified atom stereocenters. The Hall–Kier alpha value is -0.770. The molecule has 2 aromatic rings. The summed E-state index contributed by atoms with van der Waals surface area (Å²) in [6.07, 6.45) is 1.25. The van der Waals surface area contributed by atoms with E-state index in [4.69, 9.17) is 16.3 Å². The largest absolute Gasteiger partial charge is 0.435 e. The number of hydrogen-bond acceptors (Lipinski definition) is 5. The molecular weight excluding hydrogens is 485 g/mol. The minimum absolute atomic E-state index is 0.0733. The van der Waals surface area contributed by atoms with Crippen LogP contribution in [0.1, 0.15) is 0 Å². The molecule has 0 saturated heterocycles. The summed E-state index contributed by atoms with van der Waals surface area (Å²) in [5.74, 6) is 0.534. The van der Waals surface area contributed by atoms with Crippen molar-refractivity contribution in [3.8, 4) is 11.6 Å². The molecule has 20 heavy (non-hydrogen) atoms. The number of non-ortho nitro benzene ring substituents is 1. The van der Waals surface area contributed by atoms with E-state index in [0.29, 0.717) is 19.2 Å². The van der Waals surface area contributed by atoms with E-state index in [9.17, 15) is 10.1 Å². The molecule has 0 saturated carbocycles. The van der Waals surface area contributed by atoms with Crippen LogP contribution in [0.15, 0.2) is 31.9 Å². The van der Waals surface area contributed by atoms with Crippen LogP contribution in [0.25, 0.3) is 0 Å². The normalized spacial score (nSPS) is 10.4. The van der Waals surface area contributed by atoms with Gasteiger partial charge in [-0.05, 0) is 47.8 Å². The predicted molar refractivity (Wildman–Crippen MR) is 83.3 cm³/mol. The maximum atomic E-state index is 10.8. The molecule has 0 bridgehead atoms. The number of nitro groups is 1. The second-order valence-corrected chi connectivity index (χ2v) is 6.24. The van der Waals surface area contributed by atoms with E-state index in [-0.39, 0.29) is 16.7 Å². The summed E-state index contributed by atoms with van der Waals surface area (Å²) >= 11 is 15.5. The number of nitrogens with zero attached hydrogens (tertiary/aromatic N) is 3. The highest BCUT2D eigenvalue weighted by atomic mass is 79.9. The Morgan fingerprint density at radius 1 is 1.20 bits per heavy atom. The van der Waals surface area contributed by atoms with Gasteiger partial charge in [-0.1, -0.05) is 11.6 Å². The molecule has 1 heterocycles. The van der Waals surface area contributed by atoms with Gasteiger partial charge in [0.15, 0.2) is 10.9 Å². The molecule has 104 valence electrons. The molecule has 6 nitrogen and oxygen atoms in total. The van der Waals surface area contributed by atoms with Crippen LogP contribution in [0.2, 0.25) is 5.15 Å². The Labute approximate surface area is 143 Å². The highest BCUT2D eigenvalue weighted by molar-refractivity contribution is 9.11. The van der Waals surface area contributed by atoms with E-state index in [0.717, 1.165) is 0 Å². The fourth-order valence-corrected chi connectivity index (χ4v) is 2.99. The van der Waals surface area contributed by atoms with Gasteiger partial charge in [0, 0.05) is 12.1 Å². The fourth-order valence-electron chi connectivity index (χ4n) is 1.25. The molecule has 0 amide bonds. The second kappa shape index (κ2) is 6.33. The highest BCUT2D eigenvalue weighted by Gasteiger charge is 2.18. The maximum absolute atomic E-state index is 10.8. The van der Waals surface area contributed by atoms with Crippen LogP contribution >= 0.6 is 59.4 Å². The summed E-state index contributed by atoms with van der Waals surface area (Å²) in [5.41, 5.74) is -0.0733. The molecule has 0 fully saturated rings. The topological polar surface area (TPSA) is 78.2 Å². The Kier molecular flexibility index (Phi) is 4.95. The Morgan fingerprint density at radius 3 is 2.35 bits per heavy atom. The molecule has 0 atom stereocenters. The van der Waals surface area contributed by atoms with Crippen LogP contribution in [-0.4, -0.2) is 14.9 Å². The summed E-state index contributed by atoms with van der Waals surface area (Å²) in [4.78, 5) is 18.0. The van der Waals surface area contributed by atoms with E-state index in [2.05, 4.69) is 57.8 Å². The molecule has 0 aliphatic heterocycles. The molecule has 1 aromatic carbocycles. The number of nitro benzene ring substituents is 1. The summed E-state index contributed by atoms with van der Waals surface area (Å²) < 4.78 is 6.78. The predicted octanol–water partition coefficient (Wildman–Crippen LogP) is 5.12. The van der Waals surface area contributed by atoms with Crippen LogP contribution < -0.4 is 4.74 Å². The highest BCUT2D eigenvalue weighted by Crippen LogP contribution is 2.41. The van der Waals surface area contributed by atoms with Crippen molar-refractivity contribution in [2.24, 2.45) is 0 Å². The summed E-state index contributed by atoms with van der Waals surface area (Å²) in [7, 11) is 0. The second-order valence-electron chi connectivity index (χ2n) is 3.38. The van der Waals surface area contributed by atoms with Gasteiger partial charge in [-0.25, -0.2) is 9.97 Å². The van der Waals surface area contributed by atoms with Gasteiger partial charge < -0.3 is 4.74 Å². The molecule has 10 heteroatoms. The monoisotopic (exact) mass is 485 g/mol. The SMILES string of the molecule is O=[N+]([O-])c1cc(Br)c(Oc2ncnc(Cl)c2Br)c(Br)c1. The van der Waals surface area contributed by atoms with Gasteiger partial charge in [0.2, 0.25) is 5.88 Å². The van der Waals surface area contributed by atoms with Gasteiger partial charge in [0.05, 0.1) is 13.9 Å². The van der Waals surface area contributed by atoms with Gasteiger partial charge >= 0.3 is 0 Å². The molecule has 0 N–H and O–H groups in total. The average Bonchev–Trinajstić information content (AvgIpc) is 2.38. The third kappa shape index (κ3) is 3.27. The number of hydrogen-bond donors (Lipinski definition) is 0. The number of halogens is 4. The quantitative estimate of drug-likeness (QED) is 0.341. The van der Waals surface area contributed by atoms with Crippen molar-refractivity contribution < 1.29 is 9.66 Å². The zero-order valence-corrected chi connectivity index (χ0v) is 14.8. The van der Waals surface area contributed by atoms with E-state index >= 15 is 0 Å². The zero-order valence-electron chi connectivity index (χ0n) is 9.31. The van der Waals surface area contributed by atoms with Crippen LogP contribution in [0.5, 0.6) is 11.6 Å². The van der Waals surface area contributed by atoms with Crippen molar-refractivity contribution in [3.63, 3.8) is 0 Å². The van der Waals surface area contributed by atoms with Gasteiger partial charge in [0.25, 0.3) is 5.69 Å². The van der Waals surface area contributed by atoms with Crippen molar-refractivity contribution in [1.29, 1.82) is 0 Å². The average molecular weight is 488 g/mol. The maximum Gasteiger partial charge on any atom is 0.271 e. The molecule has 0 aliphatic rings. The van der Waals surface area contributed by atoms with Crippen molar-refractivity contribution in [1.82, 2.24) is 9.97 Å². The lowest BCUT2D eigenvalue weighted by Gasteiger charge is -2.10. The standard InChI is InChI=1S/C10H3Br3ClN3O3/c11-5-1-4(17(18)19)2-6(12)8(5)20-10-7(13)9(14)15-3-16-10/h1-3H. The van der Waals surface area contributed by atoms with E-state index in [1.807, 2.05) is 0 Å². The van der Waals surface area contributed by atoms with Gasteiger partial charge in [-0.15, -0.1) is 0 Å². The molecule has 2 rings (SSSR count). The van der Waals surface area contributed by atoms with Crippen molar-refractivity contribution in [2.45, 2.75) is 0 Å². The lowest BCUT2D eigenvalue weighted by molar-refractivity contribution is -0.385. The van der Waals surface area contributed by atoms with Crippen molar-refractivity contribution in [2.75, 3.05) is 0 Å². The third-order valence-corrected chi connectivity index (χ3v) is 4.52. The van der Waals surface area contributed by atoms with E-state index < -0.39 is 4.92 Å². The van der Waals surface area contributed by atoms with Crippen LogP contribution in [0.4, 0.5) is 5.69 Å². The number of benzene rings is 1. The molecule has 0 radical (unpaired) electrons. The summed E-state index contributed by atoms with van der Waals surface area (Å²) in [6.45, 7) is 0. The Bertz CT molecular complexity index is 676. The Balaban J connectivity index is 2.44. The van der Waals surface area contributed by atoms with E-state index in [1.165, 1.54) is 18.5 Å². The fraction of sp³-hybridized carbons (Fsp3) is 0. The molecular formula is C10H3Br3ClN3O3. The Morgan fingerprint density at radius 2 is 1.80 bits per heavy atom. The first-order valence-corrected chi connectivity index (χ1v) is 7.63. The third-order valence-electron chi connectivity index (χ3n) is 2.11. The van der Waals surface area contributed by atoms with Crippen LogP contribution in [-0.2, 0) is 0 Å². The smallest absolute Gasteiger partial charge is 0.271 e. The molecule has 1 aromatic heterocycles. The first kappa shape index (κ1) is 15.6. The lowest BCUT2D eigenvalue weighted by Crippen LogP contribution is -1.95. The first-order valence-electron chi connectivity index (χ1n) is 4.87. The first-order chi connectivity index (χ1) is 9.40. The van der Waals surface area contributed by atoms with E-state index in [1.54, 1.807) is 0 Å². The number of rotatable bonds is 3. The molecule has 0 aliphatic carbocycles. The van der Waals surface area contributed by atoms with Crippen LogP contribution in [0, 0.1) is 10.1 Å². The van der Waals surface area contributed by atoms with Gasteiger partial charge in [0.1, 0.15) is 10.8 Å². The van der Waals surface area contributed by atoms with Gasteiger partial charge in [-0.2, -0.15) is 0 Å². The van der Waals surface area contributed by atoms with Crippen molar-refractivity contribution >= 4 is 65.1 Å². The minimum atomic E-state index is -0.503. The van der Waals surface area contributed by atoms with Crippen LogP contribution in [0.3, 0.4) is 0 Å². The number of aromatic nitrogens is 2. The summed E-state index contributed by atoms with van der Waals surface area (Å²) in [6, 6.07) is 2.66.